The monoisotopic (exact) mass is 951 g/mol. The van der Waals surface area contributed by atoms with Crippen molar-refractivity contribution in [2.75, 3.05) is 69.9 Å². The number of likely N-dealkylation sites (tertiary alicyclic amines) is 1. The summed E-state index contributed by atoms with van der Waals surface area (Å²) in [6.45, 7) is 6.28. The first-order chi connectivity index (χ1) is 32.6. The number of anilines is 1. The minimum atomic E-state index is -2.95. The maximum absolute atomic E-state index is 16.0. The molecule has 4 aromatic carbocycles. The molecule has 9 rings (SSSR count). The van der Waals surface area contributed by atoms with Crippen LogP contribution in [0, 0.1) is 0 Å². The van der Waals surface area contributed by atoms with Crippen molar-refractivity contribution in [1.29, 1.82) is 0 Å². The van der Waals surface area contributed by atoms with Crippen LogP contribution in [-0.2, 0) is 39.4 Å². The number of nitrogens with zero attached hydrogens (tertiary/aromatic N) is 6. The molecule has 4 aliphatic rings. The van der Waals surface area contributed by atoms with Crippen LogP contribution in [-0.4, -0.2) is 129 Å². The van der Waals surface area contributed by atoms with E-state index in [2.05, 4.69) is 15.3 Å². The second-order valence-corrected chi connectivity index (χ2v) is 19.7. The third-order valence-corrected chi connectivity index (χ3v) is 14.5. The van der Waals surface area contributed by atoms with Gasteiger partial charge in [-0.05, 0) is 92.4 Å². The number of imide groups is 2. The molecule has 1 N–H and O–H groups in total. The highest BCUT2D eigenvalue weighted by Gasteiger charge is 2.48. The largest absolute Gasteiger partial charge is 0.493 e. The molecule has 0 bridgehead atoms. The number of piperidine rings is 2. The number of carbonyl (C=O) groups is 4. The summed E-state index contributed by atoms with van der Waals surface area (Å²) < 4.78 is 63.7. The number of halogens is 2. The quantitative estimate of drug-likeness (QED) is 0.126. The molecule has 15 nitrogen and oxygen atoms in total. The van der Waals surface area contributed by atoms with Crippen LogP contribution in [0.3, 0.4) is 0 Å². The van der Waals surface area contributed by atoms with E-state index in [-0.39, 0.29) is 41.7 Å². The molecule has 0 aliphatic carbocycles. The van der Waals surface area contributed by atoms with Crippen LogP contribution in [0.2, 0.25) is 0 Å². The molecule has 358 valence electrons. The number of aryl methyl sites for hydroxylation is 1. The number of ether oxygens (including phenoxy) is 3. The lowest BCUT2D eigenvalue weighted by Gasteiger charge is -2.46. The van der Waals surface area contributed by atoms with E-state index in [0.29, 0.717) is 93.0 Å². The van der Waals surface area contributed by atoms with Gasteiger partial charge in [0.1, 0.15) is 11.5 Å². The number of hydrogen-bond acceptors (Lipinski definition) is 12. The number of carbonyl (C=O) groups excluding carboxylic acids is 4. The lowest BCUT2D eigenvalue weighted by molar-refractivity contribution is -0.137. The van der Waals surface area contributed by atoms with Crippen molar-refractivity contribution in [2.24, 2.45) is 7.05 Å². The number of rotatable bonds is 14. The molecule has 4 amide bonds. The molecule has 1 aromatic heterocycles. The summed E-state index contributed by atoms with van der Waals surface area (Å²) in [5.41, 5.74) is 3.16. The second kappa shape index (κ2) is 18.7. The van der Waals surface area contributed by atoms with Crippen LogP contribution >= 0.6 is 0 Å². The van der Waals surface area contributed by atoms with Crippen molar-refractivity contribution in [2.45, 2.75) is 63.1 Å². The van der Waals surface area contributed by atoms with Crippen LogP contribution < -0.4 is 24.4 Å². The van der Waals surface area contributed by atoms with E-state index >= 15 is 8.78 Å². The zero-order valence-corrected chi connectivity index (χ0v) is 39.6. The van der Waals surface area contributed by atoms with Gasteiger partial charge in [0.25, 0.3) is 17.7 Å². The fourth-order valence-electron chi connectivity index (χ4n) is 10.1. The molecule has 5 aromatic rings. The highest BCUT2D eigenvalue weighted by molar-refractivity contribution is 7.84. The van der Waals surface area contributed by atoms with Crippen LogP contribution in [0.15, 0.2) is 78.9 Å². The summed E-state index contributed by atoms with van der Waals surface area (Å²) in [7, 11) is 1.97. The maximum atomic E-state index is 16.0. The second-order valence-electron chi connectivity index (χ2n) is 18.2. The minimum absolute atomic E-state index is 0.0380. The lowest BCUT2D eigenvalue weighted by Crippen LogP contribution is -2.61. The van der Waals surface area contributed by atoms with Gasteiger partial charge < -0.3 is 19.1 Å². The van der Waals surface area contributed by atoms with Crippen LogP contribution in [0.25, 0.3) is 10.9 Å². The van der Waals surface area contributed by atoms with Crippen molar-refractivity contribution in [3.05, 3.63) is 107 Å². The zero-order valence-electron chi connectivity index (χ0n) is 38.8. The van der Waals surface area contributed by atoms with Gasteiger partial charge in [-0.2, -0.15) is 5.10 Å². The number of fused-ring (bicyclic) bond motifs is 2. The summed E-state index contributed by atoms with van der Waals surface area (Å²) in [6.07, 6.45) is 2.45. The third kappa shape index (κ3) is 8.96. The highest BCUT2D eigenvalue weighted by Crippen LogP contribution is 2.40. The van der Waals surface area contributed by atoms with Crippen molar-refractivity contribution >= 4 is 51.0 Å². The molecular weight excluding hydrogens is 897 g/mol. The first-order valence-electron chi connectivity index (χ1n) is 22.9. The molecular formula is C50H55F2N7O8S. The number of aromatic nitrogens is 2. The van der Waals surface area contributed by atoms with E-state index < -0.39 is 46.0 Å². The van der Waals surface area contributed by atoms with E-state index in [0.717, 1.165) is 22.2 Å². The van der Waals surface area contributed by atoms with Gasteiger partial charge in [-0.25, -0.2) is 8.78 Å². The molecule has 68 heavy (non-hydrogen) atoms. The normalized spacial score (nSPS) is 22.0. The van der Waals surface area contributed by atoms with E-state index in [9.17, 15) is 23.4 Å². The zero-order chi connectivity index (χ0) is 48.1. The summed E-state index contributed by atoms with van der Waals surface area (Å²) in [6, 6.07) is 21.5. The highest BCUT2D eigenvalue weighted by atomic mass is 32.2. The maximum Gasteiger partial charge on any atom is 0.275 e. The van der Waals surface area contributed by atoms with Crippen molar-refractivity contribution < 1.29 is 46.4 Å². The number of alkyl halides is 2. The Labute approximate surface area is 395 Å². The first-order valence-corrected chi connectivity index (χ1v) is 24.6. The molecule has 5 heterocycles. The van der Waals surface area contributed by atoms with Crippen LogP contribution in [0.5, 0.6) is 23.0 Å². The molecule has 0 saturated carbocycles. The molecule has 0 radical (unpaired) electrons. The Hall–Kier alpha value is -6.24. The van der Waals surface area contributed by atoms with Gasteiger partial charge in [-0.15, -0.1) is 0 Å². The molecule has 0 spiro atoms. The molecule has 4 atom stereocenters. The number of benzene rings is 4. The Morgan fingerprint density at radius 2 is 1.62 bits per heavy atom. The average molecular weight is 952 g/mol. The molecule has 3 saturated heterocycles. The van der Waals surface area contributed by atoms with Gasteiger partial charge in [0.05, 0.1) is 60.1 Å². The Morgan fingerprint density at radius 3 is 2.31 bits per heavy atom. The SMILES string of the molecule is CCOc1cc(C(CS(C)=O)N2C(=O)c3ccc(N4CCN(C5CCN(Cc6ccc(Oc7ccc8c([C@]9(C)CCC(=O)NC9=O)nn(C)c8c7)cc6)CC5(F)F)CC4)cc3C2=O)ccc1OC. The number of piperazine rings is 1. The van der Waals surface area contributed by atoms with Gasteiger partial charge in [-0.3, -0.25) is 48.1 Å². The van der Waals surface area contributed by atoms with E-state index in [4.69, 9.17) is 14.2 Å². The Bertz CT molecular complexity index is 2810. The van der Waals surface area contributed by atoms with Crippen molar-refractivity contribution in [3.8, 4) is 23.0 Å². The van der Waals surface area contributed by atoms with Crippen molar-refractivity contribution in [3.63, 3.8) is 0 Å². The van der Waals surface area contributed by atoms with E-state index in [1.54, 1.807) is 60.0 Å². The summed E-state index contributed by atoms with van der Waals surface area (Å²) in [5.74, 6) is -2.40. The average Bonchev–Trinajstić information content (AvgIpc) is 3.78. The fraction of sp³-hybridized carbons (Fsp3) is 0.420. The van der Waals surface area contributed by atoms with Crippen LogP contribution in [0.4, 0.5) is 14.5 Å². The molecule has 18 heteroatoms. The number of nitrogens with one attached hydrogen (secondary N) is 1. The molecule has 3 unspecified atom stereocenters. The Balaban J connectivity index is 0.793. The number of amides is 4. The van der Waals surface area contributed by atoms with Crippen molar-refractivity contribution in [1.82, 2.24) is 29.8 Å². The van der Waals surface area contributed by atoms with E-state index in [1.165, 1.54) is 18.3 Å². The topological polar surface area (TPSA) is 156 Å². The third-order valence-electron chi connectivity index (χ3n) is 13.8. The van der Waals surface area contributed by atoms with E-state index in [1.807, 2.05) is 54.3 Å². The van der Waals surface area contributed by atoms with Gasteiger partial charge >= 0.3 is 0 Å². The lowest BCUT2D eigenvalue weighted by atomic mass is 9.77. The summed E-state index contributed by atoms with van der Waals surface area (Å²) in [5, 5.41) is 7.91. The van der Waals surface area contributed by atoms with Gasteiger partial charge in [0.2, 0.25) is 11.8 Å². The summed E-state index contributed by atoms with van der Waals surface area (Å²) in [4.78, 5) is 59.5. The van der Waals surface area contributed by atoms with Gasteiger partial charge in [0.15, 0.2) is 11.5 Å². The van der Waals surface area contributed by atoms with Gasteiger partial charge in [0, 0.05) is 92.7 Å². The summed E-state index contributed by atoms with van der Waals surface area (Å²) >= 11 is 0. The Morgan fingerprint density at radius 1 is 0.882 bits per heavy atom. The standard InChI is InChI=1S/C50H55F2N7O8S/c1-6-66-42-25-32(9-16-41(42)65-4)40(29-68(5)64)59-46(61)36-14-10-33(26-38(36)47(59)62)57-21-23-58(24-22-57)43-18-20-56(30-50(43,51)52)28-31-7-11-34(12-8-31)67-35-13-15-37-39(27-35)55(3)54-45(37)49(2)19-17-44(60)53-48(49)63/h7-16,25-27,40,43H,6,17-24,28-30H2,1-5H3,(H,53,60,63)/t40?,43?,49-,68?/m0/s1. The Kier molecular flexibility index (Phi) is 12.9. The smallest absolute Gasteiger partial charge is 0.275 e. The number of methoxy groups -OCH3 is 1. The minimum Gasteiger partial charge on any atom is -0.493 e. The number of hydrogen-bond donors (Lipinski definition) is 1. The predicted octanol–water partition coefficient (Wildman–Crippen LogP) is 6.21. The predicted molar refractivity (Wildman–Crippen MR) is 252 cm³/mol. The fourth-order valence-corrected chi connectivity index (χ4v) is 10.9. The molecule has 4 aliphatic heterocycles. The van der Waals surface area contributed by atoms with Crippen LogP contribution in [0.1, 0.15) is 76.7 Å². The first kappa shape index (κ1) is 46.9. The molecule has 3 fully saturated rings. The van der Waals surface area contributed by atoms with Gasteiger partial charge in [-0.1, -0.05) is 18.2 Å².